The van der Waals surface area contributed by atoms with E-state index in [1.54, 1.807) is 14.2 Å². The van der Waals surface area contributed by atoms with Crippen LogP contribution in [0, 0.1) is 0 Å². The SMILES string of the molecule is COc1ccc(OC)c(CCCC(=O)CO)c1. The molecule has 0 fully saturated rings. The maximum atomic E-state index is 11.0. The van der Waals surface area contributed by atoms with Crippen molar-refractivity contribution in [3.05, 3.63) is 23.8 Å². The van der Waals surface area contributed by atoms with Crippen molar-refractivity contribution in [2.24, 2.45) is 0 Å². The Balaban J connectivity index is 2.64. The highest BCUT2D eigenvalue weighted by molar-refractivity contribution is 5.79. The lowest BCUT2D eigenvalue weighted by Gasteiger charge is -2.10. The summed E-state index contributed by atoms with van der Waals surface area (Å²) >= 11 is 0. The average molecular weight is 238 g/mol. The second kappa shape index (κ2) is 6.91. The molecule has 0 amide bonds. The predicted octanol–water partition coefficient (Wildman–Crippen LogP) is 1.59. The molecule has 1 N–H and O–H groups in total. The first-order valence-corrected chi connectivity index (χ1v) is 5.54. The standard InChI is InChI=1S/C13H18O4/c1-16-12-6-7-13(17-2)10(8-12)4-3-5-11(15)9-14/h6-8,14H,3-5,9H2,1-2H3. The predicted molar refractivity (Wildman–Crippen MR) is 64.6 cm³/mol. The fraction of sp³-hybridized carbons (Fsp3) is 0.462. The highest BCUT2D eigenvalue weighted by Gasteiger charge is 2.06. The summed E-state index contributed by atoms with van der Waals surface area (Å²) in [4.78, 5) is 11.0. The highest BCUT2D eigenvalue weighted by atomic mass is 16.5. The second-order valence-electron chi connectivity index (χ2n) is 3.73. The van der Waals surface area contributed by atoms with Gasteiger partial charge in [-0.25, -0.2) is 0 Å². The molecule has 1 aromatic carbocycles. The summed E-state index contributed by atoms with van der Waals surface area (Å²) in [5.74, 6) is 1.43. The van der Waals surface area contributed by atoms with Gasteiger partial charge in [-0.3, -0.25) is 4.79 Å². The van der Waals surface area contributed by atoms with Gasteiger partial charge in [-0.1, -0.05) is 0 Å². The zero-order chi connectivity index (χ0) is 12.7. The number of benzene rings is 1. The number of hydrogen-bond donors (Lipinski definition) is 1. The van der Waals surface area contributed by atoms with Gasteiger partial charge in [0.1, 0.15) is 18.1 Å². The number of hydrogen-bond acceptors (Lipinski definition) is 4. The molecule has 0 bridgehead atoms. The van der Waals surface area contributed by atoms with Gasteiger partial charge in [0.15, 0.2) is 5.78 Å². The Morgan fingerprint density at radius 1 is 1.29 bits per heavy atom. The number of carbonyl (C=O) groups excluding carboxylic acids is 1. The second-order valence-corrected chi connectivity index (χ2v) is 3.73. The van der Waals surface area contributed by atoms with Crippen molar-refractivity contribution in [1.29, 1.82) is 0 Å². The minimum absolute atomic E-state index is 0.133. The van der Waals surface area contributed by atoms with E-state index in [2.05, 4.69) is 0 Å². The van der Waals surface area contributed by atoms with Gasteiger partial charge >= 0.3 is 0 Å². The Kier molecular flexibility index (Phi) is 5.49. The summed E-state index contributed by atoms with van der Waals surface area (Å²) < 4.78 is 10.4. The van der Waals surface area contributed by atoms with Gasteiger partial charge in [0.05, 0.1) is 14.2 Å². The number of ether oxygens (including phenoxy) is 2. The van der Waals surface area contributed by atoms with Crippen LogP contribution in [0.2, 0.25) is 0 Å². The summed E-state index contributed by atoms with van der Waals surface area (Å²) in [6, 6.07) is 5.59. The largest absolute Gasteiger partial charge is 0.497 e. The molecule has 17 heavy (non-hydrogen) atoms. The van der Waals surface area contributed by atoms with Crippen LogP contribution >= 0.6 is 0 Å². The molecule has 0 spiro atoms. The van der Waals surface area contributed by atoms with E-state index in [1.165, 1.54) is 0 Å². The van der Waals surface area contributed by atoms with Crippen LogP contribution in [0.1, 0.15) is 18.4 Å². The van der Waals surface area contributed by atoms with E-state index in [0.29, 0.717) is 12.8 Å². The molecular formula is C13H18O4. The maximum Gasteiger partial charge on any atom is 0.158 e. The van der Waals surface area contributed by atoms with Crippen molar-refractivity contribution in [2.45, 2.75) is 19.3 Å². The number of carbonyl (C=O) groups is 1. The molecule has 1 aromatic rings. The molecule has 1 rings (SSSR count). The van der Waals surface area contributed by atoms with Gasteiger partial charge in [-0.15, -0.1) is 0 Å². The summed E-state index contributed by atoms with van der Waals surface area (Å²) in [5.41, 5.74) is 1.01. The van der Waals surface area contributed by atoms with Crippen LogP contribution in [0.15, 0.2) is 18.2 Å². The van der Waals surface area contributed by atoms with Gasteiger partial charge < -0.3 is 14.6 Å². The molecule has 0 radical (unpaired) electrons. The topological polar surface area (TPSA) is 55.8 Å². The van der Waals surface area contributed by atoms with Gasteiger partial charge in [0.25, 0.3) is 0 Å². The van der Waals surface area contributed by atoms with Crippen LogP contribution in [0.3, 0.4) is 0 Å². The Labute approximate surface area is 101 Å². The summed E-state index contributed by atoms with van der Waals surface area (Å²) in [6.45, 7) is -0.380. The highest BCUT2D eigenvalue weighted by Crippen LogP contribution is 2.25. The normalized spacial score (nSPS) is 10.1. The molecule has 0 saturated heterocycles. The molecule has 0 aliphatic rings. The van der Waals surface area contributed by atoms with Crippen LogP contribution in [0.4, 0.5) is 0 Å². The number of Topliss-reactive ketones (excluding diaryl/α,β-unsaturated/α-hetero) is 1. The first kappa shape index (κ1) is 13.5. The first-order valence-electron chi connectivity index (χ1n) is 5.54. The van der Waals surface area contributed by atoms with E-state index < -0.39 is 0 Å². The van der Waals surface area contributed by atoms with E-state index in [4.69, 9.17) is 14.6 Å². The van der Waals surface area contributed by atoms with Crippen molar-refractivity contribution in [3.8, 4) is 11.5 Å². The summed E-state index contributed by atoms with van der Waals surface area (Å²) in [5, 5.41) is 8.62. The van der Waals surface area contributed by atoms with E-state index in [0.717, 1.165) is 23.5 Å². The monoisotopic (exact) mass is 238 g/mol. The van der Waals surface area contributed by atoms with Crippen LogP contribution in [-0.2, 0) is 11.2 Å². The third-order valence-corrected chi connectivity index (χ3v) is 2.57. The van der Waals surface area contributed by atoms with E-state index in [9.17, 15) is 4.79 Å². The van der Waals surface area contributed by atoms with E-state index >= 15 is 0 Å². The summed E-state index contributed by atoms with van der Waals surface area (Å²) in [6.07, 6.45) is 1.81. The third kappa shape index (κ3) is 4.07. The number of rotatable bonds is 7. The van der Waals surface area contributed by atoms with Crippen molar-refractivity contribution < 1.29 is 19.4 Å². The number of aryl methyl sites for hydroxylation is 1. The quantitative estimate of drug-likeness (QED) is 0.783. The Morgan fingerprint density at radius 3 is 2.65 bits per heavy atom. The van der Waals surface area contributed by atoms with Crippen molar-refractivity contribution in [3.63, 3.8) is 0 Å². The molecule has 0 unspecified atom stereocenters. The number of aliphatic hydroxyl groups is 1. The minimum Gasteiger partial charge on any atom is -0.497 e. The lowest BCUT2D eigenvalue weighted by atomic mass is 10.1. The third-order valence-electron chi connectivity index (χ3n) is 2.57. The zero-order valence-corrected chi connectivity index (χ0v) is 10.2. The van der Waals surface area contributed by atoms with Crippen LogP contribution in [-0.4, -0.2) is 31.7 Å². The zero-order valence-electron chi connectivity index (χ0n) is 10.2. The fourth-order valence-electron chi connectivity index (χ4n) is 1.63. The summed E-state index contributed by atoms with van der Waals surface area (Å²) in [7, 11) is 3.23. The van der Waals surface area contributed by atoms with Crippen molar-refractivity contribution in [1.82, 2.24) is 0 Å². The van der Waals surface area contributed by atoms with Gasteiger partial charge in [-0.2, -0.15) is 0 Å². The number of aliphatic hydroxyl groups excluding tert-OH is 1. The molecule has 0 aromatic heterocycles. The Hall–Kier alpha value is -1.55. The Morgan fingerprint density at radius 2 is 2.06 bits per heavy atom. The fourth-order valence-corrected chi connectivity index (χ4v) is 1.63. The molecule has 0 saturated carbocycles. The minimum atomic E-state index is -0.380. The number of ketones is 1. The molecule has 0 aliphatic heterocycles. The maximum absolute atomic E-state index is 11.0. The van der Waals surface area contributed by atoms with Crippen LogP contribution in [0.5, 0.6) is 11.5 Å². The number of methoxy groups -OCH3 is 2. The lowest BCUT2D eigenvalue weighted by Crippen LogP contribution is -2.04. The van der Waals surface area contributed by atoms with Crippen LogP contribution in [0.25, 0.3) is 0 Å². The Bertz CT molecular complexity index is 374. The molecule has 94 valence electrons. The van der Waals surface area contributed by atoms with E-state index in [-0.39, 0.29) is 12.4 Å². The first-order chi connectivity index (χ1) is 8.21. The van der Waals surface area contributed by atoms with Crippen LogP contribution < -0.4 is 9.47 Å². The van der Waals surface area contributed by atoms with Crippen molar-refractivity contribution in [2.75, 3.05) is 20.8 Å². The average Bonchev–Trinajstić information content (AvgIpc) is 2.38. The molecular weight excluding hydrogens is 220 g/mol. The molecule has 0 atom stereocenters. The molecule has 0 heterocycles. The van der Waals surface area contributed by atoms with E-state index in [1.807, 2.05) is 18.2 Å². The smallest absolute Gasteiger partial charge is 0.158 e. The van der Waals surface area contributed by atoms with Crippen molar-refractivity contribution >= 4 is 5.78 Å². The lowest BCUT2D eigenvalue weighted by molar-refractivity contribution is -0.121. The molecule has 0 aliphatic carbocycles. The molecule has 4 nitrogen and oxygen atoms in total. The van der Waals surface area contributed by atoms with Gasteiger partial charge in [0.2, 0.25) is 0 Å². The van der Waals surface area contributed by atoms with Gasteiger partial charge in [0, 0.05) is 6.42 Å². The molecule has 4 heteroatoms. The van der Waals surface area contributed by atoms with Gasteiger partial charge in [-0.05, 0) is 36.6 Å².